The standard InChI is InChI=1S/C17H14N6S2/c1-9-3-4-13(16-14(9)11(5-18)6-19-16)23-25-17-22-15(10(2)24-17)12-7-20-21-8-12/h3-4,6-8,19,23H,1-2H3,(H,20,21). The van der Waals surface area contributed by atoms with Gasteiger partial charge >= 0.3 is 0 Å². The van der Waals surface area contributed by atoms with Crippen LogP contribution in [0.15, 0.2) is 35.1 Å². The first-order chi connectivity index (χ1) is 12.2. The van der Waals surface area contributed by atoms with Crippen LogP contribution in [0.4, 0.5) is 5.69 Å². The average Bonchev–Trinajstić information content (AvgIpc) is 3.33. The number of aromatic nitrogens is 4. The van der Waals surface area contributed by atoms with Gasteiger partial charge in [-0.15, -0.1) is 11.3 Å². The quantitative estimate of drug-likeness (QED) is 0.458. The summed E-state index contributed by atoms with van der Waals surface area (Å²) < 4.78 is 4.28. The Kier molecular flexibility index (Phi) is 3.95. The van der Waals surface area contributed by atoms with Crippen LogP contribution in [-0.4, -0.2) is 20.2 Å². The molecule has 6 nitrogen and oxygen atoms in total. The third-order valence-corrected chi connectivity index (χ3v) is 5.81. The van der Waals surface area contributed by atoms with Gasteiger partial charge in [0.2, 0.25) is 0 Å². The van der Waals surface area contributed by atoms with Crippen LogP contribution < -0.4 is 4.72 Å². The molecule has 25 heavy (non-hydrogen) atoms. The average molecular weight is 366 g/mol. The predicted molar refractivity (Wildman–Crippen MR) is 102 cm³/mol. The molecular weight excluding hydrogens is 352 g/mol. The Morgan fingerprint density at radius 1 is 1.28 bits per heavy atom. The zero-order valence-corrected chi connectivity index (χ0v) is 15.2. The van der Waals surface area contributed by atoms with Crippen LogP contribution >= 0.6 is 23.3 Å². The molecule has 0 saturated carbocycles. The number of aromatic amines is 2. The lowest BCUT2D eigenvalue weighted by molar-refractivity contribution is 1.09. The molecule has 0 aliphatic heterocycles. The van der Waals surface area contributed by atoms with Gasteiger partial charge in [-0.3, -0.25) is 5.10 Å². The van der Waals surface area contributed by atoms with E-state index >= 15 is 0 Å². The number of rotatable bonds is 4. The highest BCUT2D eigenvalue weighted by molar-refractivity contribution is 8.02. The molecule has 3 N–H and O–H groups in total. The van der Waals surface area contributed by atoms with Gasteiger partial charge in [-0.2, -0.15) is 10.4 Å². The van der Waals surface area contributed by atoms with E-state index in [1.54, 1.807) is 23.7 Å². The van der Waals surface area contributed by atoms with Crippen LogP contribution in [-0.2, 0) is 0 Å². The normalized spacial score (nSPS) is 10.9. The van der Waals surface area contributed by atoms with Gasteiger partial charge in [0.15, 0.2) is 4.34 Å². The second kappa shape index (κ2) is 6.27. The van der Waals surface area contributed by atoms with Crippen molar-refractivity contribution in [2.24, 2.45) is 0 Å². The van der Waals surface area contributed by atoms with Gasteiger partial charge < -0.3 is 9.71 Å². The lowest BCUT2D eigenvalue weighted by Crippen LogP contribution is -1.89. The molecule has 0 aliphatic rings. The molecule has 0 bridgehead atoms. The van der Waals surface area contributed by atoms with Crippen molar-refractivity contribution in [2.75, 3.05) is 4.72 Å². The van der Waals surface area contributed by atoms with Crippen molar-refractivity contribution in [1.29, 1.82) is 5.26 Å². The molecule has 0 atom stereocenters. The summed E-state index contributed by atoms with van der Waals surface area (Å²) in [5.41, 5.74) is 5.55. The molecule has 8 heteroatoms. The summed E-state index contributed by atoms with van der Waals surface area (Å²) >= 11 is 3.10. The van der Waals surface area contributed by atoms with Crippen LogP contribution in [0.5, 0.6) is 0 Å². The highest BCUT2D eigenvalue weighted by Gasteiger charge is 2.13. The molecule has 0 radical (unpaired) electrons. The minimum Gasteiger partial charge on any atom is -0.358 e. The van der Waals surface area contributed by atoms with E-state index in [4.69, 9.17) is 0 Å². The Labute approximate surface area is 152 Å². The Balaban J connectivity index is 1.62. The first kappa shape index (κ1) is 15.7. The molecule has 4 aromatic rings. The highest BCUT2D eigenvalue weighted by Crippen LogP contribution is 2.35. The van der Waals surface area contributed by atoms with Crippen molar-refractivity contribution in [1.82, 2.24) is 20.2 Å². The van der Waals surface area contributed by atoms with Gasteiger partial charge in [0.25, 0.3) is 0 Å². The van der Waals surface area contributed by atoms with Crippen LogP contribution in [0, 0.1) is 25.2 Å². The summed E-state index contributed by atoms with van der Waals surface area (Å²) in [6, 6.07) is 6.26. The second-order valence-corrected chi connectivity index (χ2v) is 7.83. The van der Waals surface area contributed by atoms with Gasteiger partial charge in [0.05, 0.1) is 28.7 Å². The fourth-order valence-electron chi connectivity index (χ4n) is 2.76. The molecule has 0 amide bonds. The van der Waals surface area contributed by atoms with E-state index in [9.17, 15) is 5.26 Å². The third-order valence-electron chi connectivity index (χ3n) is 3.96. The number of fused-ring (bicyclic) bond motifs is 1. The number of benzene rings is 1. The van der Waals surface area contributed by atoms with E-state index < -0.39 is 0 Å². The molecular formula is C17H14N6S2. The lowest BCUT2D eigenvalue weighted by atomic mass is 10.1. The molecule has 3 heterocycles. The van der Waals surface area contributed by atoms with E-state index in [0.717, 1.165) is 42.6 Å². The number of anilines is 1. The molecule has 4 rings (SSSR count). The van der Waals surface area contributed by atoms with Gasteiger partial charge in [-0.05, 0) is 25.5 Å². The largest absolute Gasteiger partial charge is 0.358 e. The number of nitriles is 1. The highest BCUT2D eigenvalue weighted by atomic mass is 32.2. The number of hydrogen-bond acceptors (Lipinski definition) is 6. The maximum Gasteiger partial charge on any atom is 0.171 e. The summed E-state index contributed by atoms with van der Waals surface area (Å²) in [5.74, 6) is 0. The Hall–Kier alpha value is -2.76. The zero-order chi connectivity index (χ0) is 17.4. The molecule has 0 fully saturated rings. The molecule has 0 unspecified atom stereocenters. The molecule has 0 aliphatic carbocycles. The van der Waals surface area contributed by atoms with Crippen LogP contribution in [0.1, 0.15) is 16.0 Å². The third kappa shape index (κ3) is 2.77. The van der Waals surface area contributed by atoms with Crippen molar-refractivity contribution >= 4 is 39.9 Å². The lowest BCUT2D eigenvalue weighted by Gasteiger charge is -2.06. The Bertz CT molecular complexity index is 1080. The molecule has 124 valence electrons. The second-order valence-electron chi connectivity index (χ2n) is 5.57. The molecule has 0 saturated heterocycles. The van der Waals surface area contributed by atoms with Crippen molar-refractivity contribution in [2.45, 2.75) is 18.2 Å². The molecule has 1 aromatic carbocycles. The number of hydrogen-bond donors (Lipinski definition) is 3. The number of H-pyrrole nitrogens is 2. The first-order valence-electron chi connectivity index (χ1n) is 7.57. The van der Waals surface area contributed by atoms with Gasteiger partial charge in [0, 0.05) is 40.2 Å². The van der Waals surface area contributed by atoms with Gasteiger partial charge in [-0.1, -0.05) is 6.07 Å². The minimum absolute atomic E-state index is 0.661. The Morgan fingerprint density at radius 2 is 2.16 bits per heavy atom. The Morgan fingerprint density at radius 3 is 2.92 bits per heavy atom. The number of thiazole rings is 1. The maximum absolute atomic E-state index is 9.26. The summed E-state index contributed by atoms with van der Waals surface area (Å²) in [4.78, 5) is 9.02. The SMILES string of the molecule is Cc1sc(SNc2ccc(C)c3c(C#N)c[nH]c23)nc1-c1cn[nH]c1. The van der Waals surface area contributed by atoms with Gasteiger partial charge in [0.1, 0.15) is 6.07 Å². The molecule has 3 aromatic heterocycles. The van der Waals surface area contributed by atoms with Crippen LogP contribution in [0.25, 0.3) is 22.2 Å². The van der Waals surface area contributed by atoms with Crippen molar-refractivity contribution in [3.05, 3.63) is 46.7 Å². The maximum atomic E-state index is 9.26. The number of nitrogens with one attached hydrogen (secondary N) is 3. The summed E-state index contributed by atoms with van der Waals surface area (Å²) in [6.07, 6.45) is 5.36. The fourth-order valence-corrected chi connectivity index (χ4v) is 4.59. The topological polar surface area (TPSA) is 93.2 Å². The van der Waals surface area contributed by atoms with E-state index in [1.165, 1.54) is 11.9 Å². The van der Waals surface area contributed by atoms with E-state index in [0.29, 0.717) is 5.56 Å². The van der Waals surface area contributed by atoms with Crippen LogP contribution in [0.3, 0.4) is 0 Å². The monoisotopic (exact) mass is 366 g/mol. The minimum atomic E-state index is 0.661. The smallest absolute Gasteiger partial charge is 0.171 e. The van der Waals surface area contributed by atoms with Crippen LogP contribution in [0.2, 0.25) is 0 Å². The molecule has 0 spiro atoms. The summed E-state index contributed by atoms with van der Waals surface area (Å²) in [7, 11) is 0. The van der Waals surface area contributed by atoms with Crippen molar-refractivity contribution in [3.63, 3.8) is 0 Å². The van der Waals surface area contributed by atoms with Crippen molar-refractivity contribution < 1.29 is 0 Å². The number of aryl methyl sites for hydroxylation is 2. The zero-order valence-electron chi connectivity index (χ0n) is 13.5. The fraction of sp³-hybridized carbons (Fsp3) is 0.118. The summed E-state index contributed by atoms with van der Waals surface area (Å²) in [6.45, 7) is 4.06. The van der Waals surface area contributed by atoms with Crippen molar-refractivity contribution in [3.8, 4) is 17.3 Å². The number of nitrogens with zero attached hydrogens (tertiary/aromatic N) is 3. The van der Waals surface area contributed by atoms with Gasteiger partial charge in [-0.25, -0.2) is 4.98 Å². The van der Waals surface area contributed by atoms with E-state index in [-0.39, 0.29) is 0 Å². The van der Waals surface area contributed by atoms with E-state index in [2.05, 4.69) is 37.9 Å². The van der Waals surface area contributed by atoms with E-state index in [1.807, 2.05) is 25.3 Å². The first-order valence-corrected chi connectivity index (χ1v) is 9.21. The summed E-state index contributed by atoms with van der Waals surface area (Å²) in [5, 5.41) is 17.0. The predicted octanol–water partition coefficient (Wildman–Crippen LogP) is 4.62.